The summed E-state index contributed by atoms with van der Waals surface area (Å²) in [4.78, 5) is 32.8. The van der Waals surface area contributed by atoms with E-state index in [1.165, 1.54) is 11.1 Å². The van der Waals surface area contributed by atoms with Gasteiger partial charge < -0.3 is 14.9 Å². The molecule has 33 heavy (non-hydrogen) atoms. The summed E-state index contributed by atoms with van der Waals surface area (Å²) in [5.41, 5.74) is -0.998. The monoisotopic (exact) mass is 486 g/mol. The molecule has 3 heterocycles. The zero-order chi connectivity index (χ0) is 23.9. The Morgan fingerprint density at radius 2 is 1.82 bits per heavy atom. The van der Waals surface area contributed by atoms with Crippen molar-refractivity contribution in [2.75, 3.05) is 26.7 Å². The number of hydrogen-bond acceptors (Lipinski definition) is 4. The summed E-state index contributed by atoms with van der Waals surface area (Å²) in [5.74, 6) is -0.683. The van der Waals surface area contributed by atoms with E-state index >= 15 is 0 Å². The number of amides is 2. The van der Waals surface area contributed by atoms with Gasteiger partial charge >= 0.3 is 6.18 Å². The first-order valence-corrected chi connectivity index (χ1v) is 11.4. The minimum absolute atomic E-state index is 0.0735. The van der Waals surface area contributed by atoms with Gasteiger partial charge in [0.2, 0.25) is 5.91 Å². The van der Waals surface area contributed by atoms with Crippen LogP contribution in [0.5, 0.6) is 0 Å². The molecule has 0 unspecified atom stereocenters. The van der Waals surface area contributed by atoms with E-state index in [-0.39, 0.29) is 40.9 Å². The molecule has 2 aromatic heterocycles. The second kappa shape index (κ2) is 9.13. The number of carbonyl (C=O) groups is 2. The first-order valence-electron chi connectivity index (χ1n) is 11.1. The molecule has 1 N–H and O–H groups in total. The molecule has 0 aromatic carbocycles. The first kappa shape index (κ1) is 23.8. The molecule has 1 saturated heterocycles. The lowest BCUT2D eigenvalue weighted by Gasteiger charge is -2.37. The van der Waals surface area contributed by atoms with Gasteiger partial charge in [-0.25, -0.2) is 4.98 Å². The van der Waals surface area contributed by atoms with Crippen LogP contribution in [0.15, 0.2) is 12.3 Å². The maximum Gasteiger partial charge on any atom is 0.419 e. The molecule has 0 atom stereocenters. The summed E-state index contributed by atoms with van der Waals surface area (Å²) in [6.07, 6.45) is 2.71. The number of piperazine rings is 1. The number of halogens is 4. The smallest absolute Gasteiger partial charge is 0.400 e. The van der Waals surface area contributed by atoms with Gasteiger partial charge in [-0.05, 0) is 43.2 Å². The van der Waals surface area contributed by atoms with Crippen molar-refractivity contribution in [3.63, 3.8) is 0 Å². The van der Waals surface area contributed by atoms with Gasteiger partial charge in [0.15, 0.2) is 11.3 Å². The Labute approximate surface area is 194 Å². The highest BCUT2D eigenvalue weighted by atomic mass is 35.5. The highest BCUT2D eigenvalue weighted by molar-refractivity contribution is 6.33. The fraction of sp³-hybridized carbons (Fsp3) is 0.591. The number of pyridine rings is 1. The standard InChI is InChI=1S/C21H22ClF3N4O2.CH4O/c22-18-17(20(31)27-7-8-28(16(30)11-27)14-3-1-2-4-14)26-19-15(21(23,24)25)9-13(10-29(18)19)12-5-6-12;1-2/h9-10,12,14H,1-8,11H2;2H,1H3. The Morgan fingerprint density at radius 1 is 1.15 bits per heavy atom. The number of hydrogen-bond donors (Lipinski definition) is 1. The first-order chi connectivity index (χ1) is 15.7. The number of rotatable bonds is 3. The van der Waals surface area contributed by atoms with Gasteiger partial charge in [-0.2, -0.15) is 13.2 Å². The molecule has 11 heteroatoms. The Morgan fingerprint density at radius 3 is 2.39 bits per heavy atom. The van der Waals surface area contributed by atoms with Crippen LogP contribution in [0.4, 0.5) is 13.2 Å². The Balaban J connectivity index is 0.00000126. The van der Waals surface area contributed by atoms with E-state index < -0.39 is 17.6 Å². The lowest BCUT2D eigenvalue weighted by Crippen LogP contribution is -2.55. The highest BCUT2D eigenvalue weighted by Crippen LogP contribution is 2.43. The lowest BCUT2D eigenvalue weighted by atomic mass is 10.1. The van der Waals surface area contributed by atoms with E-state index in [0.717, 1.165) is 56.1 Å². The van der Waals surface area contributed by atoms with Crippen molar-refractivity contribution in [1.82, 2.24) is 19.2 Å². The molecular weight excluding hydrogens is 461 g/mol. The largest absolute Gasteiger partial charge is 0.419 e. The molecule has 2 aromatic rings. The molecule has 2 saturated carbocycles. The molecule has 0 bridgehead atoms. The summed E-state index contributed by atoms with van der Waals surface area (Å²) < 4.78 is 42.2. The Hall–Kier alpha value is -2.33. The maximum atomic E-state index is 13.7. The maximum absolute atomic E-state index is 13.7. The summed E-state index contributed by atoms with van der Waals surface area (Å²) in [7, 11) is 1.00. The van der Waals surface area contributed by atoms with Gasteiger partial charge in [0.1, 0.15) is 11.7 Å². The van der Waals surface area contributed by atoms with Crippen molar-refractivity contribution in [2.24, 2.45) is 0 Å². The summed E-state index contributed by atoms with van der Waals surface area (Å²) in [5, 5.41) is 6.85. The third-order valence-electron chi connectivity index (χ3n) is 6.55. The van der Waals surface area contributed by atoms with E-state index in [9.17, 15) is 22.8 Å². The molecule has 2 amide bonds. The second-order valence-electron chi connectivity index (χ2n) is 8.66. The fourth-order valence-corrected chi connectivity index (χ4v) is 4.99. The molecular formula is C22H26ClF3N4O3. The van der Waals surface area contributed by atoms with Crippen molar-refractivity contribution < 1.29 is 27.9 Å². The zero-order valence-corrected chi connectivity index (χ0v) is 19.0. The number of aliphatic hydroxyl groups excluding tert-OH is 1. The third-order valence-corrected chi connectivity index (χ3v) is 6.91. The normalized spacial score (nSPS) is 19.8. The zero-order valence-electron chi connectivity index (χ0n) is 18.2. The van der Waals surface area contributed by atoms with E-state index in [2.05, 4.69) is 4.98 Å². The van der Waals surface area contributed by atoms with Gasteiger partial charge in [0.25, 0.3) is 5.91 Å². The lowest BCUT2D eigenvalue weighted by molar-refractivity contribution is -0.137. The fourth-order valence-electron chi connectivity index (χ4n) is 4.73. The van der Waals surface area contributed by atoms with Crippen LogP contribution in [0.3, 0.4) is 0 Å². The van der Waals surface area contributed by atoms with Gasteiger partial charge in [-0.1, -0.05) is 24.4 Å². The van der Waals surface area contributed by atoms with E-state index in [0.29, 0.717) is 18.7 Å². The van der Waals surface area contributed by atoms with Crippen molar-refractivity contribution in [3.05, 3.63) is 34.2 Å². The number of nitrogens with zero attached hydrogens (tertiary/aromatic N) is 4. The molecule has 5 rings (SSSR count). The van der Waals surface area contributed by atoms with Crippen LogP contribution in [0.2, 0.25) is 5.15 Å². The molecule has 180 valence electrons. The Kier molecular flexibility index (Phi) is 6.59. The van der Waals surface area contributed by atoms with Gasteiger partial charge in [0.05, 0.1) is 5.56 Å². The topological polar surface area (TPSA) is 78.2 Å². The molecule has 3 fully saturated rings. The van der Waals surface area contributed by atoms with Gasteiger partial charge in [-0.3, -0.25) is 14.0 Å². The van der Waals surface area contributed by atoms with E-state index in [4.69, 9.17) is 16.7 Å². The second-order valence-corrected chi connectivity index (χ2v) is 9.01. The molecule has 2 aliphatic carbocycles. The van der Waals surface area contributed by atoms with Crippen LogP contribution >= 0.6 is 11.6 Å². The van der Waals surface area contributed by atoms with Crippen LogP contribution in [-0.4, -0.2) is 68.9 Å². The average molecular weight is 487 g/mol. The summed E-state index contributed by atoms with van der Waals surface area (Å²) in [6.45, 7) is 0.615. The third kappa shape index (κ3) is 4.55. The molecule has 1 aliphatic heterocycles. The van der Waals surface area contributed by atoms with Crippen molar-refractivity contribution in [3.8, 4) is 0 Å². The number of aromatic nitrogens is 2. The molecule has 3 aliphatic rings. The highest BCUT2D eigenvalue weighted by Gasteiger charge is 2.39. The average Bonchev–Trinajstić information content (AvgIpc) is 3.40. The SMILES string of the molecule is CO.O=C(c1nc2c(C(F)(F)F)cc(C3CC3)cn2c1Cl)N1CCN(C2CCCC2)C(=O)C1. The summed E-state index contributed by atoms with van der Waals surface area (Å²) in [6, 6.07) is 1.33. The van der Waals surface area contributed by atoms with Crippen molar-refractivity contribution in [2.45, 2.75) is 56.7 Å². The minimum Gasteiger partial charge on any atom is -0.400 e. The number of imidazole rings is 1. The van der Waals surface area contributed by atoms with E-state index in [1.54, 1.807) is 0 Å². The molecule has 0 radical (unpaired) electrons. The predicted molar refractivity (Wildman–Crippen MR) is 115 cm³/mol. The molecule has 7 nitrogen and oxygen atoms in total. The quantitative estimate of drug-likeness (QED) is 0.717. The number of carbonyl (C=O) groups excluding carboxylic acids is 2. The number of fused-ring (bicyclic) bond motifs is 1. The van der Waals surface area contributed by atoms with Crippen LogP contribution in [0.1, 0.15) is 66.1 Å². The number of alkyl halides is 3. The van der Waals surface area contributed by atoms with Gasteiger partial charge in [-0.15, -0.1) is 0 Å². The predicted octanol–water partition coefficient (Wildman–Crippen LogP) is 3.72. The molecule has 0 spiro atoms. The van der Waals surface area contributed by atoms with E-state index in [1.807, 2.05) is 4.90 Å². The van der Waals surface area contributed by atoms with Gasteiger partial charge in [0, 0.05) is 32.4 Å². The Bertz CT molecular complexity index is 1060. The van der Waals surface area contributed by atoms with Crippen LogP contribution in [-0.2, 0) is 11.0 Å². The van der Waals surface area contributed by atoms with Crippen molar-refractivity contribution in [1.29, 1.82) is 0 Å². The number of aliphatic hydroxyl groups is 1. The van der Waals surface area contributed by atoms with Crippen LogP contribution < -0.4 is 0 Å². The summed E-state index contributed by atoms with van der Waals surface area (Å²) >= 11 is 6.35. The van der Waals surface area contributed by atoms with Crippen LogP contribution in [0.25, 0.3) is 5.65 Å². The minimum atomic E-state index is -4.62. The van der Waals surface area contributed by atoms with Crippen LogP contribution in [0, 0.1) is 0 Å². The van der Waals surface area contributed by atoms with Crippen molar-refractivity contribution >= 4 is 29.1 Å².